The second-order valence-electron chi connectivity index (χ2n) is 6.55. The van der Waals surface area contributed by atoms with Crippen molar-refractivity contribution in [2.45, 2.75) is 12.8 Å². The molecular weight excluding hydrogens is 328 g/mol. The molecule has 0 aromatic heterocycles. The second-order valence-corrected chi connectivity index (χ2v) is 6.55. The van der Waals surface area contributed by atoms with Crippen molar-refractivity contribution in [3.63, 3.8) is 0 Å². The molecule has 0 spiro atoms. The zero-order valence-corrected chi connectivity index (χ0v) is 15.4. The van der Waals surface area contributed by atoms with Gasteiger partial charge >= 0.3 is 0 Å². The Kier molecular flexibility index (Phi) is 6.61. The molecule has 2 aromatic rings. The second kappa shape index (κ2) is 9.34. The van der Waals surface area contributed by atoms with Crippen LogP contribution in [-0.2, 0) is 0 Å². The summed E-state index contributed by atoms with van der Waals surface area (Å²) in [5, 5.41) is 9.26. The highest BCUT2D eigenvalue weighted by molar-refractivity contribution is 5.58. The lowest BCUT2D eigenvalue weighted by molar-refractivity contribution is 0.238. The van der Waals surface area contributed by atoms with Crippen molar-refractivity contribution in [3.05, 3.63) is 48.5 Å². The molecule has 1 heterocycles. The molecule has 1 aliphatic rings. The number of ether oxygens (including phenoxy) is 2. The van der Waals surface area contributed by atoms with Crippen molar-refractivity contribution in [2.24, 2.45) is 0 Å². The Bertz CT molecular complexity index is 667. The van der Waals surface area contributed by atoms with Crippen LogP contribution >= 0.6 is 0 Å². The van der Waals surface area contributed by atoms with E-state index < -0.39 is 0 Å². The van der Waals surface area contributed by atoms with Gasteiger partial charge < -0.3 is 19.5 Å². The molecule has 1 N–H and O–H groups in total. The molecule has 0 unspecified atom stereocenters. The molecule has 1 saturated heterocycles. The van der Waals surface area contributed by atoms with Crippen molar-refractivity contribution >= 4 is 5.69 Å². The van der Waals surface area contributed by atoms with Gasteiger partial charge in [0, 0.05) is 26.2 Å². The highest BCUT2D eigenvalue weighted by Crippen LogP contribution is 2.28. The van der Waals surface area contributed by atoms with E-state index in [4.69, 9.17) is 9.47 Å². The van der Waals surface area contributed by atoms with Crippen LogP contribution in [0.25, 0.3) is 0 Å². The van der Waals surface area contributed by atoms with Crippen LogP contribution in [0.1, 0.15) is 12.8 Å². The monoisotopic (exact) mass is 356 g/mol. The highest BCUT2D eigenvalue weighted by atomic mass is 16.5. The van der Waals surface area contributed by atoms with Crippen molar-refractivity contribution in [3.8, 4) is 17.2 Å². The van der Waals surface area contributed by atoms with Crippen molar-refractivity contribution in [2.75, 3.05) is 51.3 Å². The summed E-state index contributed by atoms with van der Waals surface area (Å²) in [7, 11) is 1.73. The van der Waals surface area contributed by atoms with E-state index in [1.807, 2.05) is 12.1 Å². The minimum atomic E-state index is 0.268. The third-order valence-electron chi connectivity index (χ3n) is 4.77. The first kappa shape index (κ1) is 18.4. The minimum Gasteiger partial charge on any atom is -0.508 e. The van der Waals surface area contributed by atoms with Gasteiger partial charge in [-0.05, 0) is 55.8 Å². The van der Waals surface area contributed by atoms with Gasteiger partial charge in [0.1, 0.15) is 17.2 Å². The summed E-state index contributed by atoms with van der Waals surface area (Å²) >= 11 is 0. The summed E-state index contributed by atoms with van der Waals surface area (Å²) < 4.78 is 11.2. The van der Waals surface area contributed by atoms with E-state index in [-0.39, 0.29) is 5.75 Å². The Morgan fingerprint density at radius 3 is 2.38 bits per heavy atom. The number of phenolic OH excluding ortho intramolecular Hbond substituents is 1. The Hall–Kier alpha value is -2.40. The number of aromatic hydroxyl groups is 1. The standard InChI is InChI=1S/C21H28N2O3/c1-25-21-7-3-2-6-20(21)23-15-13-22(14-16-23)12-4-5-17-26-19-10-8-18(24)9-11-19/h2-3,6-11,24H,4-5,12-17H2,1H3. The molecule has 0 bridgehead atoms. The SMILES string of the molecule is COc1ccccc1N1CCN(CCCCOc2ccc(O)cc2)CC1. The van der Waals surface area contributed by atoms with E-state index in [1.54, 1.807) is 31.4 Å². The summed E-state index contributed by atoms with van der Waals surface area (Å²) in [6.45, 7) is 6.05. The summed E-state index contributed by atoms with van der Waals surface area (Å²) in [6, 6.07) is 15.1. The number of hydrogen-bond donors (Lipinski definition) is 1. The van der Waals surface area contributed by atoms with Gasteiger partial charge in [0.05, 0.1) is 19.4 Å². The van der Waals surface area contributed by atoms with Gasteiger partial charge in [-0.15, -0.1) is 0 Å². The molecule has 26 heavy (non-hydrogen) atoms. The lowest BCUT2D eigenvalue weighted by Gasteiger charge is -2.36. The lowest BCUT2D eigenvalue weighted by atomic mass is 10.2. The molecule has 5 nitrogen and oxygen atoms in total. The molecule has 0 saturated carbocycles. The molecular formula is C21H28N2O3. The molecule has 2 aromatic carbocycles. The topological polar surface area (TPSA) is 45.2 Å². The Balaban J connectivity index is 1.33. The summed E-state index contributed by atoms with van der Waals surface area (Å²) in [5.41, 5.74) is 1.19. The average molecular weight is 356 g/mol. The van der Waals surface area contributed by atoms with Crippen molar-refractivity contribution < 1.29 is 14.6 Å². The van der Waals surface area contributed by atoms with Crippen molar-refractivity contribution in [1.29, 1.82) is 0 Å². The van der Waals surface area contributed by atoms with Crippen LogP contribution in [0.3, 0.4) is 0 Å². The molecule has 0 amide bonds. The van der Waals surface area contributed by atoms with Gasteiger partial charge in [-0.2, -0.15) is 0 Å². The predicted molar refractivity (Wildman–Crippen MR) is 104 cm³/mol. The number of unbranched alkanes of at least 4 members (excludes halogenated alkanes) is 1. The molecule has 140 valence electrons. The lowest BCUT2D eigenvalue weighted by Crippen LogP contribution is -2.46. The van der Waals surface area contributed by atoms with Crippen LogP contribution in [-0.4, -0.2) is 56.4 Å². The number of nitrogens with zero attached hydrogens (tertiary/aromatic N) is 2. The Morgan fingerprint density at radius 1 is 0.923 bits per heavy atom. The number of rotatable bonds is 8. The quantitative estimate of drug-likeness (QED) is 0.735. The molecule has 5 heteroatoms. The van der Waals surface area contributed by atoms with Crippen LogP contribution in [0.15, 0.2) is 48.5 Å². The smallest absolute Gasteiger partial charge is 0.142 e. The number of piperazine rings is 1. The minimum absolute atomic E-state index is 0.268. The van der Waals surface area contributed by atoms with E-state index in [0.29, 0.717) is 6.61 Å². The first-order valence-corrected chi connectivity index (χ1v) is 9.28. The molecule has 0 aliphatic carbocycles. The van der Waals surface area contributed by atoms with E-state index in [9.17, 15) is 5.11 Å². The summed E-state index contributed by atoms with van der Waals surface area (Å²) in [4.78, 5) is 4.93. The van der Waals surface area contributed by atoms with E-state index in [0.717, 1.165) is 57.1 Å². The van der Waals surface area contributed by atoms with E-state index in [2.05, 4.69) is 21.9 Å². The van der Waals surface area contributed by atoms with E-state index in [1.165, 1.54) is 5.69 Å². The van der Waals surface area contributed by atoms with Gasteiger partial charge in [0.15, 0.2) is 0 Å². The van der Waals surface area contributed by atoms with Crippen LogP contribution in [0.5, 0.6) is 17.2 Å². The first-order chi connectivity index (χ1) is 12.8. The average Bonchev–Trinajstić information content (AvgIpc) is 2.69. The molecule has 0 atom stereocenters. The van der Waals surface area contributed by atoms with Gasteiger partial charge in [-0.25, -0.2) is 0 Å². The molecule has 3 rings (SSSR count). The van der Waals surface area contributed by atoms with Gasteiger partial charge in [-0.3, -0.25) is 4.90 Å². The molecule has 1 aliphatic heterocycles. The normalized spacial score (nSPS) is 15.0. The fourth-order valence-corrected chi connectivity index (χ4v) is 3.27. The third kappa shape index (κ3) is 5.05. The van der Waals surface area contributed by atoms with E-state index >= 15 is 0 Å². The zero-order chi connectivity index (χ0) is 18.2. The fourth-order valence-electron chi connectivity index (χ4n) is 3.27. The number of phenols is 1. The Labute approximate surface area is 155 Å². The maximum absolute atomic E-state index is 9.26. The maximum Gasteiger partial charge on any atom is 0.142 e. The van der Waals surface area contributed by atoms with Gasteiger partial charge in [0.25, 0.3) is 0 Å². The summed E-state index contributed by atoms with van der Waals surface area (Å²) in [6.07, 6.45) is 2.17. The largest absolute Gasteiger partial charge is 0.508 e. The molecule has 0 radical (unpaired) electrons. The molecule has 1 fully saturated rings. The number of benzene rings is 2. The number of para-hydroxylation sites is 2. The van der Waals surface area contributed by atoms with Gasteiger partial charge in [0.2, 0.25) is 0 Å². The number of hydrogen-bond acceptors (Lipinski definition) is 5. The Morgan fingerprint density at radius 2 is 1.65 bits per heavy atom. The van der Waals surface area contributed by atoms with Crippen molar-refractivity contribution in [1.82, 2.24) is 4.90 Å². The van der Waals surface area contributed by atoms with Crippen LogP contribution in [0.2, 0.25) is 0 Å². The van der Waals surface area contributed by atoms with Crippen LogP contribution < -0.4 is 14.4 Å². The first-order valence-electron chi connectivity index (χ1n) is 9.28. The third-order valence-corrected chi connectivity index (χ3v) is 4.77. The van der Waals surface area contributed by atoms with Gasteiger partial charge in [-0.1, -0.05) is 12.1 Å². The number of methoxy groups -OCH3 is 1. The summed E-state index contributed by atoms with van der Waals surface area (Å²) in [5.74, 6) is 2.03. The number of anilines is 1. The van der Waals surface area contributed by atoms with Crippen LogP contribution in [0.4, 0.5) is 5.69 Å². The van der Waals surface area contributed by atoms with Crippen LogP contribution in [0, 0.1) is 0 Å². The zero-order valence-electron chi connectivity index (χ0n) is 15.4. The highest BCUT2D eigenvalue weighted by Gasteiger charge is 2.18. The fraction of sp³-hybridized carbons (Fsp3) is 0.429. The maximum atomic E-state index is 9.26. The predicted octanol–water partition coefficient (Wildman–Crippen LogP) is 3.38.